The van der Waals surface area contributed by atoms with Gasteiger partial charge >= 0.3 is 0 Å². The van der Waals surface area contributed by atoms with E-state index in [0.717, 1.165) is 4.47 Å². The van der Waals surface area contributed by atoms with Crippen LogP contribution in [0.2, 0.25) is 0 Å². The summed E-state index contributed by atoms with van der Waals surface area (Å²) in [4.78, 5) is 23.9. The second kappa shape index (κ2) is 9.01. The van der Waals surface area contributed by atoms with Gasteiger partial charge < -0.3 is 14.9 Å². The van der Waals surface area contributed by atoms with Crippen molar-refractivity contribution in [3.8, 4) is 17.2 Å². The third kappa shape index (κ3) is 5.60. The third-order valence-electron chi connectivity index (χ3n) is 3.44. The van der Waals surface area contributed by atoms with Gasteiger partial charge in [-0.15, -0.1) is 0 Å². The molecular formula is C20H17BrO5. The van der Waals surface area contributed by atoms with Gasteiger partial charge in [-0.05, 0) is 60.2 Å². The lowest BCUT2D eigenvalue weighted by Gasteiger charge is -2.04. The van der Waals surface area contributed by atoms with Crippen molar-refractivity contribution in [2.75, 3.05) is 7.11 Å². The van der Waals surface area contributed by atoms with E-state index in [4.69, 9.17) is 4.74 Å². The maximum Gasteiger partial charge on any atom is 0.163 e. The number of carbonyl (C=O) groups excluding carboxylic acids is 2. The van der Waals surface area contributed by atoms with E-state index in [0.29, 0.717) is 16.9 Å². The first kappa shape index (κ1) is 19.5. The van der Waals surface area contributed by atoms with E-state index < -0.39 is 0 Å². The molecule has 0 bridgehead atoms. The number of carbonyl (C=O) groups is 2. The molecule has 0 aliphatic carbocycles. The monoisotopic (exact) mass is 416 g/mol. The highest BCUT2D eigenvalue weighted by Crippen LogP contribution is 2.25. The molecule has 2 aromatic rings. The van der Waals surface area contributed by atoms with Crippen LogP contribution < -0.4 is 4.74 Å². The van der Waals surface area contributed by atoms with E-state index in [1.807, 2.05) is 0 Å². The van der Waals surface area contributed by atoms with Crippen LogP contribution in [0, 0.1) is 0 Å². The van der Waals surface area contributed by atoms with Gasteiger partial charge in [-0.3, -0.25) is 9.59 Å². The molecule has 26 heavy (non-hydrogen) atoms. The zero-order valence-electron chi connectivity index (χ0n) is 14.0. The van der Waals surface area contributed by atoms with Crippen molar-refractivity contribution in [1.29, 1.82) is 0 Å². The number of halogens is 1. The smallest absolute Gasteiger partial charge is 0.163 e. The van der Waals surface area contributed by atoms with Gasteiger partial charge in [0, 0.05) is 10.0 Å². The quantitative estimate of drug-likeness (QED) is 0.523. The highest BCUT2D eigenvalue weighted by Gasteiger charge is 2.06. The van der Waals surface area contributed by atoms with Crippen molar-refractivity contribution in [2.24, 2.45) is 0 Å². The summed E-state index contributed by atoms with van der Waals surface area (Å²) in [5, 5.41) is 19.0. The third-order valence-corrected chi connectivity index (χ3v) is 4.16. The molecule has 0 aliphatic heterocycles. The summed E-state index contributed by atoms with van der Waals surface area (Å²) in [5.41, 5.74) is 1.17. The number of phenolic OH excluding ortho intramolecular Hbond substituents is 2. The van der Waals surface area contributed by atoms with E-state index >= 15 is 0 Å². The SMILES string of the molecule is COc1ccc(O)cc1/C=C/C(=O)CC(=O)/C=C/c1cc(O)ccc1Br. The number of allylic oxidation sites excluding steroid dienone is 2. The van der Waals surface area contributed by atoms with Gasteiger partial charge in [0.25, 0.3) is 0 Å². The zero-order valence-corrected chi connectivity index (χ0v) is 15.6. The lowest BCUT2D eigenvalue weighted by Crippen LogP contribution is -2.02. The van der Waals surface area contributed by atoms with E-state index in [9.17, 15) is 19.8 Å². The summed E-state index contributed by atoms with van der Waals surface area (Å²) in [6.45, 7) is 0. The van der Waals surface area contributed by atoms with Crippen LogP contribution in [0.25, 0.3) is 12.2 Å². The first-order chi connectivity index (χ1) is 12.4. The molecule has 0 aliphatic rings. The molecule has 0 heterocycles. The van der Waals surface area contributed by atoms with E-state index in [2.05, 4.69) is 15.9 Å². The fourth-order valence-electron chi connectivity index (χ4n) is 2.17. The van der Waals surface area contributed by atoms with Gasteiger partial charge in [-0.25, -0.2) is 0 Å². The molecule has 2 N–H and O–H groups in total. The molecule has 134 valence electrons. The normalized spacial score (nSPS) is 11.2. The van der Waals surface area contributed by atoms with Gasteiger partial charge in [0.1, 0.15) is 17.2 Å². The average Bonchev–Trinajstić information content (AvgIpc) is 2.61. The minimum atomic E-state index is -0.375. The van der Waals surface area contributed by atoms with Crippen molar-refractivity contribution < 1.29 is 24.5 Å². The fraction of sp³-hybridized carbons (Fsp3) is 0.100. The highest BCUT2D eigenvalue weighted by molar-refractivity contribution is 9.10. The largest absolute Gasteiger partial charge is 0.508 e. The molecular weight excluding hydrogens is 400 g/mol. The maximum atomic E-state index is 11.9. The minimum absolute atomic E-state index is 0.0496. The summed E-state index contributed by atoms with van der Waals surface area (Å²) in [5.74, 6) is -0.0995. The molecule has 6 heteroatoms. The summed E-state index contributed by atoms with van der Waals surface area (Å²) < 4.78 is 5.87. The second-order valence-electron chi connectivity index (χ2n) is 5.41. The molecule has 0 amide bonds. The number of aromatic hydroxyl groups is 2. The van der Waals surface area contributed by atoms with Crippen LogP contribution in [-0.4, -0.2) is 28.9 Å². The Hall–Kier alpha value is -2.86. The molecule has 0 unspecified atom stereocenters. The Bertz CT molecular complexity index is 884. The Morgan fingerprint density at radius 2 is 1.50 bits per heavy atom. The van der Waals surface area contributed by atoms with Crippen LogP contribution in [0.3, 0.4) is 0 Å². The minimum Gasteiger partial charge on any atom is -0.508 e. The number of benzene rings is 2. The van der Waals surface area contributed by atoms with Gasteiger partial charge in [0.2, 0.25) is 0 Å². The van der Waals surface area contributed by atoms with Crippen LogP contribution in [0.1, 0.15) is 17.5 Å². The number of hydrogen-bond acceptors (Lipinski definition) is 5. The Morgan fingerprint density at radius 1 is 0.962 bits per heavy atom. The van der Waals surface area contributed by atoms with Crippen molar-refractivity contribution in [2.45, 2.75) is 6.42 Å². The molecule has 0 saturated heterocycles. The molecule has 2 aromatic carbocycles. The van der Waals surface area contributed by atoms with Crippen molar-refractivity contribution in [1.82, 2.24) is 0 Å². The predicted molar refractivity (Wildman–Crippen MR) is 103 cm³/mol. The molecule has 0 spiro atoms. The first-order valence-electron chi connectivity index (χ1n) is 7.66. The molecule has 0 fully saturated rings. The second-order valence-corrected chi connectivity index (χ2v) is 6.26. The number of methoxy groups -OCH3 is 1. The Kier molecular flexibility index (Phi) is 6.74. The Morgan fingerprint density at radius 3 is 2.12 bits per heavy atom. The van der Waals surface area contributed by atoms with Gasteiger partial charge in [-0.1, -0.05) is 22.0 Å². The summed E-state index contributed by atoms with van der Waals surface area (Å²) >= 11 is 3.32. The zero-order chi connectivity index (χ0) is 19.1. The molecule has 5 nitrogen and oxygen atoms in total. The Balaban J connectivity index is 2.01. The lowest BCUT2D eigenvalue weighted by atomic mass is 10.1. The number of rotatable bonds is 7. The molecule has 2 rings (SSSR count). The Labute approximate surface area is 159 Å². The fourth-order valence-corrected chi connectivity index (χ4v) is 2.54. The van der Waals surface area contributed by atoms with Crippen LogP contribution in [0.5, 0.6) is 17.2 Å². The van der Waals surface area contributed by atoms with E-state index in [-0.39, 0.29) is 29.5 Å². The first-order valence-corrected chi connectivity index (χ1v) is 8.45. The summed E-state index contributed by atoms with van der Waals surface area (Å²) in [6.07, 6.45) is 5.29. The summed E-state index contributed by atoms with van der Waals surface area (Å²) in [6, 6.07) is 9.21. The molecule has 0 saturated carbocycles. The number of phenols is 2. The topological polar surface area (TPSA) is 83.8 Å². The van der Waals surface area contributed by atoms with Gasteiger partial charge in [-0.2, -0.15) is 0 Å². The number of ether oxygens (including phenoxy) is 1. The standard InChI is InChI=1S/C20H17BrO5/c1-26-20-9-7-16(23)11-14(20)3-5-18(25)12-17(24)4-2-13-10-15(22)6-8-19(13)21/h2-11,22-23H,12H2,1H3/b4-2+,5-3+. The van der Waals surface area contributed by atoms with Crippen LogP contribution in [-0.2, 0) is 9.59 Å². The highest BCUT2D eigenvalue weighted by atomic mass is 79.9. The maximum absolute atomic E-state index is 11.9. The van der Waals surface area contributed by atoms with Crippen LogP contribution >= 0.6 is 15.9 Å². The number of ketones is 2. The van der Waals surface area contributed by atoms with E-state index in [1.165, 1.54) is 55.7 Å². The molecule has 0 radical (unpaired) electrons. The van der Waals surface area contributed by atoms with Crippen LogP contribution in [0.4, 0.5) is 0 Å². The van der Waals surface area contributed by atoms with Crippen molar-refractivity contribution >= 4 is 39.6 Å². The number of hydrogen-bond donors (Lipinski definition) is 2. The van der Waals surface area contributed by atoms with E-state index in [1.54, 1.807) is 12.1 Å². The molecule has 0 aromatic heterocycles. The van der Waals surface area contributed by atoms with Crippen molar-refractivity contribution in [3.05, 3.63) is 64.1 Å². The van der Waals surface area contributed by atoms with Gasteiger partial charge in [0.05, 0.1) is 13.5 Å². The predicted octanol–water partition coefficient (Wildman–Crippen LogP) is 4.12. The van der Waals surface area contributed by atoms with Gasteiger partial charge in [0.15, 0.2) is 11.6 Å². The van der Waals surface area contributed by atoms with Crippen LogP contribution in [0.15, 0.2) is 53.0 Å². The summed E-state index contributed by atoms with van der Waals surface area (Å²) in [7, 11) is 1.49. The molecule has 0 atom stereocenters. The lowest BCUT2D eigenvalue weighted by molar-refractivity contribution is -0.121. The average molecular weight is 417 g/mol. The van der Waals surface area contributed by atoms with Crippen molar-refractivity contribution in [3.63, 3.8) is 0 Å².